The molecular formula is C62H60B2NO2. The Labute approximate surface area is 401 Å². The van der Waals surface area contributed by atoms with Gasteiger partial charge in [-0.2, -0.15) is 0 Å². The third-order valence-electron chi connectivity index (χ3n) is 13.0. The minimum absolute atomic E-state index is 0.00145. The average molecular weight is 873 g/mol. The van der Waals surface area contributed by atoms with Crippen LogP contribution in [0.15, 0.2) is 175 Å². The Morgan fingerprint density at radius 2 is 1.45 bits per heavy atom. The highest BCUT2D eigenvalue weighted by atomic mass is 16.6. The van der Waals surface area contributed by atoms with Crippen molar-refractivity contribution in [1.29, 1.82) is 0 Å². The number of anilines is 1. The molecule has 0 unspecified atom stereocenters. The summed E-state index contributed by atoms with van der Waals surface area (Å²) >= 11 is 0. The number of hydrogen-bond donors (Lipinski definition) is 1. The van der Waals surface area contributed by atoms with Crippen LogP contribution in [0.4, 0.5) is 5.69 Å². The molecule has 0 saturated carbocycles. The number of rotatable bonds is 9. The minimum atomic E-state index is -0.651. The van der Waals surface area contributed by atoms with Gasteiger partial charge in [-0.1, -0.05) is 158 Å². The largest absolute Gasteiger partial charge is 0.456 e. The Hall–Kier alpha value is -6.84. The standard InChI is InChI=1S/C62H60B2NO2/c1-12-47-34-46(63)35-53(50-33-44(28-27-40(50)4)60(66)67-61(7,8)9)54-36-51(48-23-17-16-20-39(48)3)41(5)58(59(54)64-47)42(6)56(31-29-45-37-62(10,11)55-25-19-18-24-49(45)55)65-57-30-26-38(2)32-52(57)43-21-14-13-15-22-43/h12-36,65H,6,37H2,1-5,7-11H3/b45-29+,46-34?,47-12-,53-35?,56-31+. The molecule has 0 atom stereocenters. The molecule has 1 N–H and O–H groups in total. The fourth-order valence-electron chi connectivity index (χ4n) is 9.64. The number of nitrogens with one attached hydrogen (secondary N) is 1. The number of benzene rings is 6. The Morgan fingerprint density at radius 1 is 0.761 bits per heavy atom. The van der Waals surface area contributed by atoms with Crippen LogP contribution in [0.1, 0.15) is 108 Å². The van der Waals surface area contributed by atoms with Crippen molar-refractivity contribution in [2.75, 3.05) is 5.32 Å². The fourth-order valence-corrected chi connectivity index (χ4v) is 9.64. The summed E-state index contributed by atoms with van der Waals surface area (Å²) in [6, 6.07) is 42.6. The van der Waals surface area contributed by atoms with E-state index in [2.05, 4.69) is 182 Å². The quantitative estimate of drug-likeness (QED) is 0.0894. The molecule has 0 fully saturated rings. The van der Waals surface area contributed by atoms with Crippen LogP contribution in [0.2, 0.25) is 0 Å². The Bertz CT molecular complexity index is 3110. The summed E-state index contributed by atoms with van der Waals surface area (Å²) in [7, 11) is 9.18. The lowest BCUT2D eigenvalue weighted by Gasteiger charge is -2.28. The second-order valence-corrected chi connectivity index (χ2v) is 19.8. The van der Waals surface area contributed by atoms with E-state index in [0.29, 0.717) is 11.0 Å². The number of esters is 1. The van der Waals surface area contributed by atoms with Gasteiger partial charge in [0.1, 0.15) is 13.4 Å². The van der Waals surface area contributed by atoms with E-state index in [0.717, 1.165) is 95.5 Å². The van der Waals surface area contributed by atoms with E-state index < -0.39 is 5.60 Å². The Balaban J connectivity index is 1.42. The third-order valence-corrected chi connectivity index (χ3v) is 13.0. The monoisotopic (exact) mass is 872 g/mol. The first kappa shape index (κ1) is 46.7. The van der Waals surface area contributed by atoms with Crippen LogP contribution in [-0.4, -0.2) is 26.7 Å². The molecule has 1 aliphatic carbocycles. The molecule has 0 aromatic heterocycles. The second-order valence-electron chi connectivity index (χ2n) is 19.8. The van der Waals surface area contributed by atoms with Crippen LogP contribution in [0, 0.1) is 27.7 Å². The SMILES string of the molecule is [B]C1=C/C(=C/C)[B]c2c(cc(-c3ccccc3C)c(C)c2C(=C)/C(=C\C=C2/CC(C)(C)c3ccccc32)Nc2ccc(C)cc2-c2ccccc2)C(c2cc(C(=O)OC(C)(C)C)ccc2C)=C1. The number of carbonyl (C=O) groups is 1. The maximum atomic E-state index is 13.7. The van der Waals surface area contributed by atoms with E-state index in [-0.39, 0.29) is 11.4 Å². The molecule has 6 aromatic rings. The summed E-state index contributed by atoms with van der Waals surface area (Å²) in [5.41, 5.74) is 21.7. The van der Waals surface area contributed by atoms with Crippen molar-refractivity contribution in [2.45, 2.75) is 86.7 Å². The van der Waals surface area contributed by atoms with Crippen molar-refractivity contribution in [3.63, 3.8) is 0 Å². The van der Waals surface area contributed by atoms with Gasteiger partial charge in [0.2, 0.25) is 0 Å². The van der Waals surface area contributed by atoms with Crippen molar-refractivity contribution in [1.82, 2.24) is 0 Å². The third kappa shape index (κ3) is 9.84. The predicted octanol–water partition coefficient (Wildman–Crippen LogP) is 14.7. The number of fused-ring (bicyclic) bond motifs is 2. The van der Waals surface area contributed by atoms with Gasteiger partial charge in [-0.15, -0.1) is 0 Å². The smallest absolute Gasteiger partial charge is 0.338 e. The number of ether oxygens (including phenoxy) is 1. The van der Waals surface area contributed by atoms with Crippen molar-refractivity contribution >= 4 is 49.0 Å². The van der Waals surface area contributed by atoms with Crippen LogP contribution < -0.4 is 10.8 Å². The molecule has 0 bridgehead atoms. The lowest BCUT2D eigenvalue weighted by molar-refractivity contribution is 0.00694. The maximum Gasteiger partial charge on any atom is 0.338 e. The summed E-state index contributed by atoms with van der Waals surface area (Å²) in [5, 5.41) is 3.99. The van der Waals surface area contributed by atoms with Crippen LogP contribution in [0.3, 0.4) is 0 Å². The number of aryl methyl sites for hydroxylation is 3. The first-order valence-electron chi connectivity index (χ1n) is 23.3. The number of hydrogen-bond acceptors (Lipinski definition) is 3. The van der Waals surface area contributed by atoms with E-state index in [1.807, 2.05) is 52.0 Å². The molecule has 3 radical (unpaired) electrons. The van der Waals surface area contributed by atoms with Crippen LogP contribution in [0.5, 0.6) is 0 Å². The van der Waals surface area contributed by atoms with Gasteiger partial charge >= 0.3 is 5.97 Å². The lowest BCUT2D eigenvalue weighted by Crippen LogP contribution is -2.29. The van der Waals surface area contributed by atoms with E-state index in [1.54, 1.807) is 0 Å². The fraction of sp³-hybridized carbons (Fsp3) is 0.210. The number of allylic oxidation sites excluding steroid dienone is 9. The van der Waals surface area contributed by atoms with Gasteiger partial charge in [0.25, 0.3) is 0 Å². The molecule has 3 nitrogen and oxygen atoms in total. The molecule has 67 heavy (non-hydrogen) atoms. The topological polar surface area (TPSA) is 38.3 Å². The Kier molecular flexibility index (Phi) is 13.1. The second kappa shape index (κ2) is 18.8. The first-order chi connectivity index (χ1) is 31.9. The predicted molar refractivity (Wildman–Crippen MR) is 287 cm³/mol. The highest BCUT2D eigenvalue weighted by Gasteiger charge is 2.33. The van der Waals surface area contributed by atoms with E-state index in [1.165, 1.54) is 22.3 Å². The van der Waals surface area contributed by atoms with Gasteiger partial charge in [0, 0.05) is 16.9 Å². The molecule has 5 heteroatoms. The first-order valence-corrected chi connectivity index (χ1v) is 23.3. The van der Waals surface area contributed by atoms with E-state index in [9.17, 15) is 4.79 Å². The van der Waals surface area contributed by atoms with Crippen LogP contribution >= 0.6 is 0 Å². The molecule has 8 rings (SSSR count). The van der Waals surface area contributed by atoms with Crippen LogP contribution in [-0.2, 0) is 10.2 Å². The molecule has 0 saturated heterocycles. The molecule has 331 valence electrons. The summed E-state index contributed by atoms with van der Waals surface area (Å²) in [4.78, 5) is 13.7. The van der Waals surface area contributed by atoms with Crippen molar-refractivity contribution in [3.05, 3.63) is 231 Å². The molecule has 1 aliphatic heterocycles. The summed E-state index contributed by atoms with van der Waals surface area (Å²) in [6.45, 7) is 26.0. The molecule has 6 aromatic carbocycles. The molecule has 2 aliphatic rings. The summed E-state index contributed by atoms with van der Waals surface area (Å²) < 4.78 is 5.90. The van der Waals surface area contributed by atoms with Crippen molar-refractivity contribution in [3.8, 4) is 22.3 Å². The van der Waals surface area contributed by atoms with E-state index >= 15 is 0 Å². The van der Waals surface area contributed by atoms with E-state index in [4.69, 9.17) is 19.2 Å². The zero-order valence-electron chi connectivity index (χ0n) is 40.8. The van der Waals surface area contributed by atoms with Gasteiger partial charge < -0.3 is 10.1 Å². The maximum absolute atomic E-state index is 13.7. The zero-order valence-corrected chi connectivity index (χ0v) is 40.8. The van der Waals surface area contributed by atoms with Gasteiger partial charge in [0.15, 0.2) is 7.28 Å². The summed E-state index contributed by atoms with van der Waals surface area (Å²) in [5.74, 6) is -0.375. The average Bonchev–Trinajstić information content (AvgIpc) is 3.55. The highest BCUT2D eigenvalue weighted by molar-refractivity contribution is 6.64. The van der Waals surface area contributed by atoms with Crippen LogP contribution in [0.25, 0.3) is 39.0 Å². The number of carbonyl (C=O) groups excluding carboxylic acids is 1. The summed E-state index contributed by atoms with van der Waals surface area (Å²) in [6.07, 6.45) is 11.6. The normalized spacial score (nSPS) is 15.7. The van der Waals surface area contributed by atoms with Gasteiger partial charge in [-0.3, -0.25) is 0 Å². The highest BCUT2D eigenvalue weighted by Crippen LogP contribution is 2.46. The molecule has 1 heterocycles. The molecular weight excluding hydrogens is 812 g/mol. The molecule has 0 spiro atoms. The molecule has 0 amide bonds. The van der Waals surface area contributed by atoms with Gasteiger partial charge in [-0.25, -0.2) is 4.79 Å². The van der Waals surface area contributed by atoms with Crippen molar-refractivity contribution < 1.29 is 9.53 Å². The van der Waals surface area contributed by atoms with Crippen molar-refractivity contribution in [2.24, 2.45) is 0 Å². The zero-order chi connectivity index (χ0) is 47.8. The Morgan fingerprint density at radius 3 is 2.16 bits per heavy atom. The minimum Gasteiger partial charge on any atom is -0.456 e. The van der Waals surface area contributed by atoms with Gasteiger partial charge in [-0.05, 0) is 182 Å². The lowest BCUT2D eigenvalue weighted by atomic mass is 9.55. The van der Waals surface area contributed by atoms with Gasteiger partial charge in [0.05, 0.1) is 5.56 Å².